The van der Waals surface area contributed by atoms with E-state index < -0.39 is 0 Å². The number of hydrogen-bond donors (Lipinski definition) is 1. The van der Waals surface area contributed by atoms with Gasteiger partial charge in [0.1, 0.15) is 0 Å². The van der Waals surface area contributed by atoms with Crippen LogP contribution in [0.25, 0.3) is 10.7 Å². The van der Waals surface area contributed by atoms with Gasteiger partial charge in [0.05, 0.1) is 4.88 Å². The van der Waals surface area contributed by atoms with Crippen molar-refractivity contribution in [3.05, 3.63) is 23.4 Å². The van der Waals surface area contributed by atoms with Crippen LogP contribution in [0, 0.1) is 5.92 Å². The number of rotatable bonds is 7. The Morgan fingerprint density at radius 3 is 2.92 bits per heavy atom. The summed E-state index contributed by atoms with van der Waals surface area (Å²) in [6, 6.07) is 3.92. The van der Waals surface area contributed by atoms with Gasteiger partial charge < -0.3 is 14.7 Å². The fourth-order valence-electron chi connectivity index (χ4n) is 3.05. The van der Waals surface area contributed by atoms with Gasteiger partial charge in [-0.25, -0.2) is 0 Å². The zero-order chi connectivity index (χ0) is 16.8. The Labute approximate surface area is 158 Å². The predicted octanol–water partition coefficient (Wildman–Crippen LogP) is 3.00. The van der Waals surface area contributed by atoms with Gasteiger partial charge in [-0.05, 0) is 50.2 Å². The third-order valence-corrected chi connectivity index (χ3v) is 5.40. The molecule has 0 spiro atoms. The summed E-state index contributed by atoms with van der Waals surface area (Å²) in [5, 5.41) is 9.16. The first-order valence-electron chi connectivity index (χ1n) is 8.55. The number of nitrogens with one attached hydrogen (secondary N) is 1. The van der Waals surface area contributed by atoms with E-state index in [2.05, 4.69) is 15.5 Å². The molecular formula is C17H25ClN4O2S. The number of carbonyl (C=O) groups excluding carboxylic acids is 1. The largest absolute Gasteiger partial charge is 0.343 e. The second-order valence-corrected chi connectivity index (χ2v) is 7.15. The molecule has 1 saturated heterocycles. The van der Waals surface area contributed by atoms with Crippen molar-refractivity contribution < 1.29 is 9.32 Å². The standard InChI is InChI=1S/C17H24N4O2S.ClH/c1-18-9-6-13-7-10-21(11-8-13)16(22)5-4-15-19-17(20-23-15)14-3-2-12-24-14;/h2-3,12-13,18H,4-11H2,1H3;1H. The SMILES string of the molecule is CNCCC1CCN(C(=O)CCc2nc(-c3cccs3)no2)CC1.Cl. The molecule has 0 unspecified atom stereocenters. The fourth-order valence-corrected chi connectivity index (χ4v) is 3.70. The Kier molecular flexibility index (Phi) is 7.87. The molecule has 0 saturated carbocycles. The smallest absolute Gasteiger partial charge is 0.227 e. The molecule has 0 atom stereocenters. The van der Waals surface area contributed by atoms with Crippen LogP contribution < -0.4 is 5.32 Å². The van der Waals surface area contributed by atoms with Crippen molar-refractivity contribution in [1.29, 1.82) is 0 Å². The molecule has 2 aromatic rings. The molecular weight excluding hydrogens is 360 g/mol. The fraction of sp³-hybridized carbons (Fsp3) is 0.588. The number of likely N-dealkylation sites (tertiary alicyclic amines) is 1. The van der Waals surface area contributed by atoms with E-state index in [0.29, 0.717) is 24.6 Å². The van der Waals surface area contributed by atoms with Crippen LogP contribution in [0.5, 0.6) is 0 Å². The highest BCUT2D eigenvalue weighted by molar-refractivity contribution is 7.13. The van der Waals surface area contributed by atoms with Gasteiger partial charge >= 0.3 is 0 Å². The first-order valence-corrected chi connectivity index (χ1v) is 9.43. The predicted molar refractivity (Wildman–Crippen MR) is 101 cm³/mol. The monoisotopic (exact) mass is 384 g/mol. The quantitative estimate of drug-likeness (QED) is 0.794. The van der Waals surface area contributed by atoms with Gasteiger partial charge in [-0.15, -0.1) is 23.7 Å². The number of hydrogen-bond acceptors (Lipinski definition) is 6. The highest BCUT2D eigenvalue weighted by atomic mass is 35.5. The normalized spacial score (nSPS) is 15.2. The maximum absolute atomic E-state index is 12.4. The highest BCUT2D eigenvalue weighted by Crippen LogP contribution is 2.22. The summed E-state index contributed by atoms with van der Waals surface area (Å²) in [7, 11) is 1.99. The number of piperidine rings is 1. The van der Waals surface area contributed by atoms with Crippen molar-refractivity contribution in [3.63, 3.8) is 0 Å². The molecule has 0 radical (unpaired) electrons. The highest BCUT2D eigenvalue weighted by Gasteiger charge is 2.22. The van der Waals surface area contributed by atoms with Gasteiger partial charge in [0.15, 0.2) is 0 Å². The van der Waals surface area contributed by atoms with Gasteiger partial charge in [0.2, 0.25) is 17.6 Å². The molecule has 6 nitrogen and oxygen atoms in total. The van der Waals surface area contributed by atoms with E-state index in [1.54, 1.807) is 11.3 Å². The van der Waals surface area contributed by atoms with E-state index in [9.17, 15) is 4.79 Å². The van der Waals surface area contributed by atoms with E-state index in [1.807, 2.05) is 29.5 Å². The van der Waals surface area contributed by atoms with Crippen LogP contribution in [0.15, 0.2) is 22.0 Å². The van der Waals surface area contributed by atoms with Gasteiger partial charge in [-0.1, -0.05) is 11.2 Å². The average molecular weight is 385 g/mol. The lowest BCUT2D eigenvalue weighted by molar-refractivity contribution is -0.132. The molecule has 0 bridgehead atoms. The third-order valence-electron chi connectivity index (χ3n) is 4.53. The maximum atomic E-state index is 12.4. The van der Waals surface area contributed by atoms with Gasteiger partial charge in [-0.3, -0.25) is 4.79 Å². The molecule has 1 aliphatic heterocycles. The first-order chi connectivity index (χ1) is 11.8. The van der Waals surface area contributed by atoms with Crippen LogP contribution in [0.3, 0.4) is 0 Å². The molecule has 1 fully saturated rings. The van der Waals surface area contributed by atoms with Crippen LogP contribution in [0.1, 0.15) is 31.6 Å². The minimum absolute atomic E-state index is 0. The van der Waals surface area contributed by atoms with Crippen molar-refractivity contribution in [2.45, 2.75) is 32.1 Å². The Morgan fingerprint density at radius 2 is 2.24 bits per heavy atom. The van der Waals surface area contributed by atoms with Crippen molar-refractivity contribution in [3.8, 4) is 10.7 Å². The molecule has 1 aliphatic rings. The molecule has 1 N–H and O–H groups in total. The van der Waals surface area contributed by atoms with Crippen molar-refractivity contribution in [2.75, 3.05) is 26.7 Å². The Bertz CT molecular complexity index is 639. The lowest BCUT2D eigenvalue weighted by Gasteiger charge is -2.32. The summed E-state index contributed by atoms with van der Waals surface area (Å²) >= 11 is 1.58. The van der Waals surface area contributed by atoms with E-state index >= 15 is 0 Å². The van der Waals surface area contributed by atoms with Crippen molar-refractivity contribution in [2.24, 2.45) is 5.92 Å². The van der Waals surface area contributed by atoms with E-state index in [-0.39, 0.29) is 18.3 Å². The van der Waals surface area contributed by atoms with Crippen LogP contribution in [-0.2, 0) is 11.2 Å². The summed E-state index contributed by atoms with van der Waals surface area (Å²) in [5.74, 6) is 2.08. The Hall–Kier alpha value is -1.44. The van der Waals surface area contributed by atoms with Crippen LogP contribution in [0.4, 0.5) is 0 Å². The zero-order valence-electron chi connectivity index (χ0n) is 14.4. The summed E-state index contributed by atoms with van der Waals surface area (Å²) < 4.78 is 5.26. The minimum atomic E-state index is 0. The van der Waals surface area contributed by atoms with E-state index in [1.165, 1.54) is 6.42 Å². The second kappa shape index (κ2) is 9.89. The number of aromatic nitrogens is 2. The lowest BCUT2D eigenvalue weighted by Crippen LogP contribution is -2.39. The molecule has 8 heteroatoms. The van der Waals surface area contributed by atoms with Crippen LogP contribution >= 0.6 is 23.7 Å². The van der Waals surface area contributed by atoms with Gasteiger partial charge in [-0.2, -0.15) is 4.98 Å². The molecule has 138 valence electrons. The van der Waals surface area contributed by atoms with Crippen LogP contribution in [-0.4, -0.2) is 47.6 Å². The maximum Gasteiger partial charge on any atom is 0.227 e. The molecule has 3 rings (SSSR count). The number of thiophene rings is 1. The van der Waals surface area contributed by atoms with Crippen molar-refractivity contribution in [1.82, 2.24) is 20.4 Å². The zero-order valence-corrected chi connectivity index (χ0v) is 16.1. The topological polar surface area (TPSA) is 71.3 Å². The first kappa shape index (κ1) is 19.9. The number of carbonyl (C=O) groups is 1. The molecule has 25 heavy (non-hydrogen) atoms. The molecule has 2 aromatic heterocycles. The number of halogens is 1. The Balaban J connectivity index is 0.00000225. The average Bonchev–Trinajstić information content (AvgIpc) is 3.29. The Morgan fingerprint density at radius 1 is 1.44 bits per heavy atom. The molecule has 3 heterocycles. The summed E-state index contributed by atoms with van der Waals surface area (Å²) in [6.45, 7) is 2.80. The summed E-state index contributed by atoms with van der Waals surface area (Å²) in [4.78, 5) is 19.7. The minimum Gasteiger partial charge on any atom is -0.343 e. The number of nitrogens with zero attached hydrogens (tertiary/aromatic N) is 3. The van der Waals surface area contributed by atoms with E-state index in [4.69, 9.17) is 4.52 Å². The second-order valence-electron chi connectivity index (χ2n) is 6.21. The van der Waals surface area contributed by atoms with Crippen LogP contribution in [0.2, 0.25) is 0 Å². The molecule has 0 aliphatic carbocycles. The van der Waals surface area contributed by atoms with Crippen molar-refractivity contribution >= 4 is 29.7 Å². The summed E-state index contributed by atoms with van der Waals surface area (Å²) in [5.41, 5.74) is 0. The number of aryl methyl sites for hydroxylation is 1. The molecule has 1 amide bonds. The third kappa shape index (κ3) is 5.52. The van der Waals surface area contributed by atoms with Gasteiger partial charge in [0.25, 0.3) is 0 Å². The van der Waals surface area contributed by atoms with Gasteiger partial charge in [0, 0.05) is 25.9 Å². The number of amides is 1. The lowest BCUT2D eigenvalue weighted by atomic mass is 9.93. The van der Waals surface area contributed by atoms with E-state index in [0.717, 1.165) is 43.3 Å². The summed E-state index contributed by atoms with van der Waals surface area (Å²) in [6.07, 6.45) is 4.36. The molecule has 0 aromatic carbocycles.